The lowest BCUT2D eigenvalue weighted by molar-refractivity contribution is -0.140. The predicted molar refractivity (Wildman–Crippen MR) is 78.2 cm³/mol. The van der Waals surface area contributed by atoms with Crippen LogP contribution in [0.4, 0.5) is 0 Å². The second kappa shape index (κ2) is 6.15. The van der Waals surface area contributed by atoms with Crippen molar-refractivity contribution in [3.63, 3.8) is 0 Å². The number of halogens is 1. The fourth-order valence-corrected chi connectivity index (χ4v) is 3.63. The van der Waals surface area contributed by atoms with Crippen molar-refractivity contribution in [3.05, 3.63) is 40.3 Å². The maximum absolute atomic E-state index is 12.2. The molecular formula is C13H14ClNO5S. The zero-order valence-corrected chi connectivity index (χ0v) is 12.5. The lowest BCUT2D eigenvalue weighted by atomic mass is 10.2. The Balaban J connectivity index is 2.21. The van der Waals surface area contributed by atoms with Crippen molar-refractivity contribution in [2.45, 2.75) is 18.6 Å². The van der Waals surface area contributed by atoms with Gasteiger partial charge in [0.15, 0.2) is 0 Å². The summed E-state index contributed by atoms with van der Waals surface area (Å²) >= 11 is 5.73. The summed E-state index contributed by atoms with van der Waals surface area (Å²) in [5.74, 6) is -1.27. The summed E-state index contributed by atoms with van der Waals surface area (Å²) in [6, 6.07) is 5.28. The third-order valence-corrected chi connectivity index (χ3v) is 4.94. The van der Waals surface area contributed by atoms with E-state index < -0.39 is 28.1 Å². The topological polar surface area (TPSA) is 94.9 Å². The minimum atomic E-state index is -3.92. The number of hydrogen-bond donors (Lipinski definition) is 2. The van der Waals surface area contributed by atoms with Crippen LogP contribution in [-0.4, -0.2) is 47.6 Å². The van der Waals surface area contributed by atoms with Gasteiger partial charge in [-0.15, -0.1) is 0 Å². The number of aliphatic carboxylic acids is 1. The van der Waals surface area contributed by atoms with E-state index >= 15 is 0 Å². The van der Waals surface area contributed by atoms with E-state index in [9.17, 15) is 18.3 Å². The molecule has 114 valence electrons. The third kappa shape index (κ3) is 3.82. The highest BCUT2D eigenvalue weighted by atomic mass is 35.5. The van der Waals surface area contributed by atoms with E-state index in [-0.39, 0.29) is 13.0 Å². The van der Waals surface area contributed by atoms with Crippen LogP contribution < -0.4 is 0 Å². The highest BCUT2D eigenvalue weighted by Gasteiger charge is 2.41. The number of nitrogens with zero attached hydrogens (tertiary/aromatic N) is 1. The molecule has 0 amide bonds. The Bertz CT molecular complexity index is 656. The Morgan fingerprint density at radius 1 is 1.33 bits per heavy atom. The average molecular weight is 332 g/mol. The molecule has 2 N–H and O–H groups in total. The van der Waals surface area contributed by atoms with E-state index in [1.165, 1.54) is 6.08 Å². The van der Waals surface area contributed by atoms with Crippen molar-refractivity contribution >= 4 is 33.7 Å². The van der Waals surface area contributed by atoms with Crippen molar-refractivity contribution in [1.29, 1.82) is 0 Å². The van der Waals surface area contributed by atoms with Crippen molar-refractivity contribution in [1.82, 2.24) is 4.31 Å². The van der Waals surface area contributed by atoms with Crippen LogP contribution in [0.1, 0.15) is 12.0 Å². The summed E-state index contributed by atoms with van der Waals surface area (Å²) in [7, 11) is -3.92. The van der Waals surface area contributed by atoms with Gasteiger partial charge in [-0.3, -0.25) is 4.79 Å². The molecule has 2 atom stereocenters. The van der Waals surface area contributed by atoms with Gasteiger partial charge in [0.2, 0.25) is 10.0 Å². The first-order valence-corrected chi connectivity index (χ1v) is 8.04. The fraction of sp³-hybridized carbons (Fsp3) is 0.308. The van der Waals surface area contributed by atoms with Crippen molar-refractivity contribution in [3.8, 4) is 0 Å². The van der Waals surface area contributed by atoms with E-state index in [1.807, 2.05) is 0 Å². The molecule has 2 rings (SSSR count). The molecule has 0 bridgehead atoms. The maximum Gasteiger partial charge on any atom is 0.322 e. The number of hydrogen-bond acceptors (Lipinski definition) is 4. The normalized spacial score (nSPS) is 23.7. The lowest BCUT2D eigenvalue weighted by Gasteiger charge is -2.18. The molecule has 0 radical (unpaired) electrons. The number of aliphatic hydroxyl groups is 1. The van der Waals surface area contributed by atoms with Crippen LogP contribution in [0.2, 0.25) is 5.02 Å². The molecule has 0 unspecified atom stereocenters. The van der Waals surface area contributed by atoms with Crippen LogP contribution in [0.25, 0.3) is 6.08 Å². The van der Waals surface area contributed by atoms with Gasteiger partial charge < -0.3 is 10.2 Å². The molecule has 1 fully saturated rings. The van der Waals surface area contributed by atoms with Crippen molar-refractivity contribution < 1.29 is 23.4 Å². The van der Waals surface area contributed by atoms with E-state index in [1.54, 1.807) is 24.3 Å². The van der Waals surface area contributed by atoms with Gasteiger partial charge in [-0.25, -0.2) is 8.42 Å². The van der Waals surface area contributed by atoms with E-state index in [2.05, 4.69) is 0 Å². The number of sulfonamides is 1. The number of benzene rings is 1. The zero-order valence-electron chi connectivity index (χ0n) is 10.9. The maximum atomic E-state index is 12.2. The standard InChI is InChI=1S/C13H14ClNO5S/c14-10-3-1-9(2-4-10)5-6-21(19,20)15-8-11(16)7-12(15)13(17)18/h1-6,11-12,16H,7-8H2,(H,17,18)/t11-,12-/m1/s1. The Kier molecular flexibility index (Phi) is 4.67. The van der Waals surface area contributed by atoms with Gasteiger partial charge in [-0.2, -0.15) is 4.31 Å². The molecule has 1 heterocycles. The average Bonchev–Trinajstić information content (AvgIpc) is 2.81. The predicted octanol–water partition coefficient (Wildman–Crippen LogP) is 1.16. The molecule has 0 aromatic heterocycles. The highest BCUT2D eigenvalue weighted by molar-refractivity contribution is 7.92. The lowest BCUT2D eigenvalue weighted by Crippen LogP contribution is -2.39. The Hall–Kier alpha value is -1.41. The first kappa shape index (κ1) is 16.0. The minimum Gasteiger partial charge on any atom is -0.480 e. The summed E-state index contributed by atoms with van der Waals surface area (Å²) < 4.78 is 25.1. The molecule has 0 saturated carbocycles. The number of aliphatic hydroxyl groups excluding tert-OH is 1. The monoisotopic (exact) mass is 331 g/mol. The van der Waals surface area contributed by atoms with Crippen LogP contribution in [-0.2, 0) is 14.8 Å². The Morgan fingerprint density at radius 2 is 1.95 bits per heavy atom. The molecule has 21 heavy (non-hydrogen) atoms. The second-order valence-electron chi connectivity index (χ2n) is 4.71. The van der Waals surface area contributed by atoms with E-state index in [4.69, 9.17) is 16.7 Å². The zero-order chi connectivity index (χ0) is 15.6. The van der Waals surface area contributed by atoms with Crippen LogP contribution in [0, 0.1) is 0 Å². The SMILES string of the molecule is O=C(O)[C@H]1C[C@@H](O)CN1S(=O)(=O)C=Cc1ccc(Cl)cc1. The molecule has 6 nitrogen and oxygen atoms in total. The molecule has 1 aromatic rings. The highest BCUT2D eigenvalue weighted by Crippen LogP contribution is 2.23. The summed E-state index contributed by atoms with van der Waals surface area (Å²) in [5.41, 5.74) is 0.620. The smallest absolute Gasteiger partial charge is 0.322 e. The van der Waals surface area contributed by atoms with Gasteiger partial charge >= 0.3 is 5.97 Å². The van der Waals surface area contributed by atoms with Crippen LogP contribution >= 0.6 is 11.6 Å². The van der Waals surface area contributed by atoms with Crippen LogP contribution in [0.15, 0.2) is 29.7 Å². The van der Waals surface area contributed by atoms with Crippen molar-refractivity contribution in [2.24, 2.45) is 0 Å². The van der Waals surface area contributed by atoms with Gasteiger partial charge in [-0.05, 0) is 23.8 Å². The fourth-order valence-electron chi connectivity index (χ4n) is 2.11. The second-order valence-corrected chi connectivity index (χ2v) is 6.92. The van der Waals surface area contributed by atoms with Gasteiger partial charge in [-0.1, -0.05) is 23.7 Å². The minimum absolute atomic E-state index is 0.108. The first-order chi connectivity index (χ1) is 9.79. The number of rotatable bonds is 4. The quantitative estimate of drug-likeness (QED) is 0.863. The van der Waals surface area contributed by atoms with Gasteiger partial charge in [0.05, 0.1) is 6.10 Å². The van der Waals surface area contributed by atoms with Gasteiger partial charge in [0.25, 0.3) is 0 Å². The van der Waals surface area contributed by atoms with Gasteiger partial charge in [0, 0.05) is 23.4 Å². The number of carboxylic acid groups (broad SMARTS) is 1. The summed E-state index contributed by atoms with van der Waals surface area (Å²) in [6.07, 6.45) is 0.281. The molecule has 0 spiro atoms. The third-order valence-electron chi connectivity index (χ3n) is 3.15. The van der Waals surface area contributed by atoms with E-state index in [0.29, 0.717) is 10.6 Å². The van der Waals surface area contributed by atoms with Crippen LogP contribution in [0.5, 0.6) is 0 Å². The Labute approximate surface area is 127 Å². The number of β-amino-alcohol motifs (C(OH)–C–C–N with tert-alkyl or cyclic N) is 1. The van der Waals surface area contributed by atoms with E-state index in [0.717, 1.165) is 9.71 Å². The summed E-state index contributed by atoms with van der Waals surface area (Å²) in [4.78, 5) is 11.1. The molecule has 1 aliphatic heterocycles. The summed E-state index contributed by atoms with van der Waals surface area (Å²) in [5, 5.41) is 20.0. The first-order valence-electron chi connectivity index (χ1n) is 6.16. The largest absolute Gasteiger partial charge is 0.480 e. The number of carbonyl (C=O) groups is 1. The molecule has 1 saturated heterocycles. The Morgan fingerprint density at radius 3 is 2.52 bits per heavy atom. The molecule has 0 aliphatic carbocycles. The van der Waals surface area contributed by atoms with Gasteiger partial charge in [0.1, 0.15) is 6.04 Å². The van der Waals surface area contributed by atoms with Crippen LogP contribution in [0.3, 0.4) is 0 Å². The number of carboxylic acids is 1. The molecule has 8 heteroatoms. The summed E-state index contributed by atoms with van der Waals surface area (Å²) in [6.45, 7) is -0.218. The molecule has 1 aromatic carbocycles. The van der Waals surface area contributed by atoms with Crippen molar-refractivity contribution in [2.75, 3.05) is 6.54 Å². The molecule has 1 aliphatic rings. The molecular weight excluding hydrogens is 318 g/mol.